The molecule has 8 nitrogen and oxygen atoms in total. The number of anilines is 1. The van der Waals surface area contributed by atoms with Crippen LogP contribution in [0.2, 0.25) is 10.0 Å². The number of amides is 2. The van der Waals surface area contributed by atoms with Gasteiger partial charge in [-0.15, -0.1) is 0 Å². The van der Waals surface area contributed by atoms with E-state index < -0.39 is 5.91 Å². The van der Waals surface area contributed by atoms with Gasteiger partial charge in [0, 0.05) is 30.4 Å². The first-order valence-corrected chi connectivity index (χ1v) is 12.5. The van der Waals surface area contributed by atoms with Crippen molar-refractivity contribution in [2.45, 2.75) is 12.5 Å². The van der Waals surface area contributed by atoms with E-state index in [1.165, 1.54) is 10.7 Å². The Morgan fingerprint density at radius 3 is 2.46 bits per heavy atom. The van der Waals surface area contributed by atoms with Gasteiger partial charge in [0.25, 0.3) is 11.8 Å². The van der Waals surface area contributed by atoms with Crippen LogP contribution < -0.4 is 10.6 Å². The lowest BCUT2D eigenvalue weighted by molar-refractivity contribution is 0.0932. The van der Waals surface area contributed by atoms with Crippen LogP contribution in [0.25, 0.3) is 16.9 Å². The summed E-state index contributed by atoms with van der Waals surface area (Å²) in [5.74, 6) is -0.442. The SMILES string of the molecule is CN1CCC(NC(=O)c2cc(NC(=O)c3cc(-c4ccccn4)c(Cl)cc3Cl)n(-c3ccccc3)n2)C1. The van der Waals surface area contributed by atoms with Gasteiger partial charge in [-0.25, -0.2) is 4.68 Å². The van der Waals surface area contributed by atoms with Gasteiger partial charge in [-0.1, -0.05) is 47.5 Å². The van der Waals surface area contributed by atoms with Crippen LogP contribution in [0.5, 0.6) is 0 Å². The zero-order valence-corrected chi connectivity index (χ0v) is 21.5. The standard InChI is InChI=1S/C27H24Cl2N6O2/c1-34-12-10-17(16-34)31-27(37)24-15-25(35(33-24)18-7-3-2-4-8-18)32-26(36)20-13-19(21(28)14-22(20)29)23-9-5-6-11-30-23/h2-9,11,13-15,17H,10,12,16H2,1H3,(H,31,37)(H,32,36). The Kier molecular flexibility index (Phi) is 7.23. The lowest BCUT2D eigenvalue weighted by Gasteiger charge is -2.12. The molecule has 1 saturated heterocycles. The predicted octanol–water partition coefficient (Wildman–Crippen LogP) is 4.93. The summed E-state index contributed by atoms with van der Waals surface area (Å²) in [6.45, 7) is 1.70. The number of hydrogen-bond acceptors (Lipinski definition) is 5. The first-order chi connectivity index (χ1) is 17.9. The first kappa shape index (κ1) is 25.0. The zero-order valence-electron chi connectivity index (χ0n) is 20.0. The van der Waals surface area contributed by atoms with Crippen LogP contribution in [0.4, 0.5) is 5.82 Å². The molecule has 2 aromatic heterocycles. The molecule has 2 aromatic carbocycles. The monoisotopic (exact) mass is 534 g/mol. The Bertz CT molecular complexity index is 1440. The number of carbonyl (C=O) groups is 2. The second kappa shape index (κ2) is 10.7. The molecule has 10 heteroatoms. The minimum Gasteiger partial charge on any atom is -0.347 e. The quantitative estimate of drug-likeness (QED) is 0.366. The molecule has 1 aliphatic heterocycles. The predicted molar refractivity (Wildman–Crippen MR) is 145 cm³/mol. The molecule has 0 saturated carbocycles. The van der Waals surface area contributed by atoms with Gasteiger partial charge in [-0.2, -0.15) is 5.10 Å². The summed E-state index contributed by atoms with van der Waals surface area (Å²) in [6.07, 6.45) is 2.52. The fourth-order valence-electron chi connectivity index (χ4n) is 4.28. The highest BCUT2D eigenvalue weighted by Crippen LogP contribution is 2.32. The van der Waals surface area contributed by atoms with Crippen molar-refractivity contribution in [1.82, 2.24) is 25.0 Å². The summed E-state index contributed by atoms with van der Waals surface area (Å²) in [4.78, 5) is 32.9. The summed E-state index contributed by atoms with van der Waals surface area (Å²) in [6, 6.07) is 19.4. The van der Waals surface area contributed by atoms with Crippen LogP contribution in [0.15, 0.2) is 72.9 Å². The third kappa shape index (κ3) is 5.51. The van der Waals surface area contributed by atoms with Gasteiger partial charge in [0.15, 0.2) is 5.69 Å². The number of benzene rings is 2. The second-order valence-corrected chi connectivity index (χ2v) is 9.68. The van der Waals surface area contributed by atoms with Crippen molar-refractivity contribution in [2.75, 3.05) is 25.5 Å². The number of carbonyl (C=O) groups excluding carboxylic acids is 2. The first-order valence-electron chi connectivity index (χ1n) is 11.8. The van der Waals surface area contributed by atoms with Crippen molar-refractivity contribution in [2.24, 2.45) is 0 Å². The molecule has 0 radical (unpaired) electrons. The Hall–Kier alpha value is -3.72. The molecule has 188 valence electrons. The van der Waals surface area contributed by atoms with Crippen molar-refractivity contribution in [3.63, 3.8) is 0 Å². The van der Waals surface area contributed by atoms with E-state index in [0.717, 1.165) is 19.5 Å². The van der Waals surface area contributed by atoms with E-state index in [9.17, 15) is 9.59 Å². The molecule has 2 amide bonds. The summed E-state index contributed by atoms with van der Waals surface area (Å²) in [5, 5.41) is 11.0. The van der Waals surface area contributed by atoms with Gasteiger partial charge in [-0.05, 0) is 56.4 Å². The van der Waals surface area contributed by atoms with E-state index in [1.807, 2.05) is 43.4 Å². The van der Waals surface area contributed by atoms with Gasteiger partial charge >= 0.3 is 0 Å². The summed E-state index contributed by atoms with van der Waals surface area (Å²) in [7, 11) is 2.02. The molecule has 1 aliphatic rings. The van der Waals surface area contributed by atoms with Crippen LogP contribution >= 0.6 is 23.2 Å². The molecule has 4 aromatic rings. The highest BCUT2D eigenvalue weighted by atomic mass is 35.5. The second-order valence-electron chi connectivity index (χ2n) is 8.86. The number of nitrogens with zero attached hydrogens (tertiary/aromatic N) is 4. The topological polar surface area (TPSA) is 92.2 Å². The number of likely N-dealkylation sites (tertiary alicyclic amines) is 1. The normalized spacial score (nSPS) is 15.5. The molecule has 0 spiro atoms. The molecule has 5 rings (SSSR count). The molecule has 0 bridgehead atoms. The molecular formula is C27H24Cl2N6O2. The van der Waals surface area contributed by atoms with Crippen LogP contribution in [-0.2, 0) is 0 Å². The fraction of sp³-hybridized carbons (Fsp3) is 0.185. The lowest BCUT2D eigenvalue weighted by Crippen LogP contribution is -2.36. The average Bonchev–Trinajstić information content (AvgIpc) is 3.51. The maximum absolute atomic E-state index is 13.4. The van der Waals surface area contributed by atoms with Gasteiger partial charge < -0.3 is 15.5 Å². The minimum absolute atomic E-state index is 0.0512. The Balaban J connectivity index is 1.46. The van der Waals surface area contributed by atoms with Crippen LogP contribution in [0.3, 0.4) is 0 Å². The lowest BCUT2D eigenvalue weighted by atomic mass is 10.1. The highest BCUT2D eigenvalue weighted by Gasteiger charge is 2.25. The molecule has 1 fully saturated rings. The molecule has 1 unspecified atom stereocenters. The molecule has 3 heterocycles. The number of nitrogens with one attached hydrogen (secondary N) is 2. The van der Waals surface area contributed by atoms with Crippen molar-refractivity contribution in [3.8, 4) is 16.9 Å². The summed E-state index contributed by atoms with van der Waals surface area (Å²) in [5.41, 5.74) is 2.30. The molecule has 1 atom stereocenters. The number of pyridine rings is 1. The molecule has 37 heavy (non-hydrogen) atoms. The number of rotatable bonds is 6. The fourth-order valence-corrected chi connectivity index (χ4v) is 4.85. The highest BCUT2D eigenvalue weighted by molar-refractivity contribution is 6.38. The third-order valence-corrected chi connectivity index (χ3v) is 6.78. The number of para-hydroxylation sites is 1. The number of aromatic nitrogens is 3. The maximum atomic E-state index is 13.4. The van der Waals surface area contributed by atoms with E-state index >= 15 is 0 Å². The van der Waals surface area contributed by atoms with Crippen LogP contribution in [0, 0.1) is 0 Å². The zero-order chi connectivity index (χ0) is 25.9. The number of likely N-dealkylation sites (N-methyl/N-ethyl adjacent to an activating group) is 1. The maximum Gasteiger partial charge on any atom is 0.272 e. The van der Waals surface area contributed by atoms with Crippen molar-refractivity contribution in [1.29, 1.82) is 0 Å². The van der Waals surface area contributed by atoms with E-state index in [-0.39, 0.29) is 28.2 Å². The van der Waals surface area contributed by atoms with Crippen molar-refractivity contribution in [3.05, 3.63) is 94.2 Å². The Morgan fingerprint density at radius 1 is 0.973 bits per heavy atom. The largest absolute Gasteiger partial charge is 0.347 e. The van der Waals surface area contributed by atoms with Gasteiger partial charge in [-0.3, -0.25) is 14.6 Å². The Labute approximate surface area is 224 Å². The molecule has 2 N–H and O–H groups in total. The average molecular weight is 535 g/mol. The number of halogens is 2. The van der Waals surface area contributed by atoms with Crippen molar-refractivity contribution < 1.29 is 9.59 Å². The van der Waals surface area contributed by atoms with Gasteiger partial charge in [0.1, 0.15) is 5.82 Å². The summed E-state index contributed by atoms with van der Waals surface area (Å²) < 4.78 is 1.52. The summed E-state index contributed by atoms with van der Waals surface area (Å²) >= 11 is 12.8. The number of hydrogen-bond donors (Lipinski definition) is 2. The van der Waals surface area contributed by atoms with Gasteiger partial charge in [0.2, 0.25) is 0 Å². The third-order valence-electron chi connectivity index (χ3n) is 6.15. The van der Waals surface area contributed by atoms with E-state index in [1.54, 1.807) is 30.5 Å². The Morgan fingerprint density at radius 2 is 1.76 bits per heavy atom. The molecule has 0 aliphatic carbocycles. The van der Waals surface area contributed by atoms with Crippen LogP contribution in [0.1, 0.15) is 27.3 Å². The van der Waals surface area contributed by atoms with Gasteiger partial charge in [0.05, 0.1) is 27.0 Å². The van der Waals surface area contributed by atoms with Crippen LogP contribution in [-0.4, -0.2) is 57.7 Å². The van der Waals surface area contributed by atoms with E-state index in [0.29, 0.717) is 27.8 Å². The minimum atomic E-state index is -0.472. The van der Waals surface area contributed by atoms with E-state index in [2.05, 4.69) is 25.6 Å². The van der Waals surface area contributed by atoms with Crippen molar-refractivity contribution >= 4 is 40.8 Å². The smallest absolute Gasteiger partial charge is 0.272 e. The molecular weight excluding hydrogens is 511 g/mol. The van der Waals surface area contributed by atoms with E-state index in [4.69, 9.17) is 23.2 Å².